The molecule has 8 atom stereocenters. The molecule has 0 radical (unpaired) electrons. The quantitative estimate of drug-likeness (QED) is 0.0612. The van der Waals surface area contributed by atoms with Crippen LogP contribution in [0.15, 0.2) is 0 Å². The highest BCUT2D eigenvalue weighted by atomic mass is 16.2. The zero-order valence-electron chi connectivity index (χ0n) is 39.8. The van der Waals surface area contributed by atoms with Crippen LogP contribution in [0, 0.1) is 11.8 Å². The average Bonchev–Trinajstić information content (AvgIpc) is 3.19. The van der Waals surface area contributed by atoms with E-state index in [4.69, 9.17) is 0 Å². The summed E-state index contributed by atoms with van der Waals surface area (Å²) in [6.45, 7) is 29.1. The van der Waals surface area contributed by atoms with Gasteiger partial charge in [0.25, 0.3) is 0 Å². The molecule has 0 saturated carbocycles. The molecule has 56 heavy (non-hydrogen) atoms. The Balaban J connectivity index is 2.38. The molecule has 2 rings (SSSR count). The van der Waals surface area contributed by atoms with Gasteiger partial charge in [-0.15, -0.1) is 0 Å². The van der Waals surface area contributed by atoms with Gasteiger partial charge in [0.2, 0.25) is 0 Å². The molecular weight excluding hydrogens is 689 g/mol. The van der Waals surface area contributed by atoms with Crippen molar-refractivity contribution in [3.63, 3.8) is 0 Å². The van der Waals surface area contributed by atoms with Gasteiger partial charge >= 0.3 is 11.8 Å². The first-order valence-electron chi connectivity index (χ1n) is 24.8. The Morgan fingerprint density at radius 3 is 0.964 bits per heavy atom. The third-order valence-electron chi connectivity index (χ3n) is 15.7. The molecule has 2 aliphatic rings. The van der Waals surface area contributed by atoms with Crippen molar-refractivity contribution < 1.29 is 9.59 Å². The fourth-order valence-electron chi connectivity index (χ4n) is 10.5. The number of nitrogens with one attached hydrogen (secondary N) is 2. The van der Waals surface area contributed by atoms with E-state index in [-0.39, 0.29) is 57.9 Å². The summed E-state index contributed by atoms with van der Waals surface area (Å²) in [6, 6.07) is 0.0696. The highest BCUT2D eigenvalue weighted by molar-refractivity contribution is 6.35. The maximum Gasteiger partial charge on any atom is 0.312 e. The second kappa shape index (κ2) is 25.5. The minimum absolute atomic E-state index is 0.0348. The lowest BCUT2D eigenvalue weighted by molar-refractivity contribution is -0.159. The molecule has 6 nitrogen and oxygen atoms in total. The topological polar surface area (TPSA) is 64.7 Å². The lowest BCUT2D eigenvalue weighted by atomic mass is 9.68. The molecule has 2 fully saturated rings. The van der Waals surface area contributed by atoms with Crippen molar-refractivity contribution in [3.8, 4) is 0 Å². The van der Waals surface area contributed by atoms with Crippen LogP contribution in [0.2, 0.25) is 0 Å². The van der Waals surface area contributed by atoms with Gasteiger partial charge in [0.05, 0.1) is 0 Å². The number of piperidine rings is 2. The van der Waals surface area contributed by atoms with E-state index in [1.165, 1.54) is 103 Å². The summed E-state index contributed by atoms with van der Waals surface area (Å²) in [4.78, 5) is 34.7. The van der Waals surface area contributed by atoms with Crippen molar-refractivity contribution in [3.05, 3.63) is 0 Å². The minimum Gasteiger partial charge on any atom is -0.331 e. The number of hydrogen-bond acceptors (Lipinski definition) is 4. The van der Waals surface area contributed by atoms with Crippen LogP contribution in [0.5, 0.6) is 0 Å². The second-order valence-electron chi connectivity index (χ2n) is 20.1. The molecule has 330 valence electrons. The summed E-state index contributed by atoms with van der Waals surface area (Å²) in [7, 11) is 0. The van der Waals surface area contributed by atoms with Crippen LogP contribution in [-0.2, 0) is 9.59 Å². The number of nitrogens with zero attached hydrogens (tertiary/aromatic N) is 2. The highest BCUT2D eigenvalue weighted by Gasteiger charge is 2.52. The Kier molecular flexibility index (Phi) is 23.2. The average molecular weight is 787 g/mol. The molecule has 0 aliphatic carbocycles. The van der Waals surface area contributed by atoms with Gasteiger partial charge in [0.1, 0.15) is 0 Å². The van der Waals surface area contributed by atoms with Gasteiger partial charge < -0.3 is 20.4 Å². The smallest absolute Gasteiger partial charge is 0.312 e. The Bertz CT molecular complexity index is 1010. The maximum absolute atomic E-state index is 15.2. The fraction of sp³-hybridized carbons (Fsp3) is 0.960. The molecule has 0 bridgehead atoms. The zero-order chi connectivity index (χ0) is 41.8. The SMILES string of the molecule is CCCCCCCCCCCCN(C(=O)C(=O)N(CCCCCCCCCCCC)C1CC(C)(CC)NC(C)(CC)C1C)C1CC(C)(CC)NC(C)(CC)C1C. The predicted molar refractivity (Wildman–Crippen MR) is 243 cm³/mol. The van der Waals surface area contributed by atoms with Crippen LogP contribution in [0.25, 0.3) is 0 Å². The molecular formula is C50H98N4O2. The van der Waals surface area contributed by atoms with E-state index in [2.05, 4.69) is 104 Å². The maximum atomic E-state index is 15.2. The molecule has 0 aromatic heterocycles. The first-order valence-corrected chi connectivity index (χ1v) is 24.8. The molecule has 8 unspecified atom stereocenters. The van der Waals surface area contributed by atoms with Crippen LogP contribution in [-0.4, -0.2) is 68.9 Å². The van der Waals surface area contributed by atoms with Gasteiger partial charge in [-0.25, -0.2) is 0 Å². The van der Waals surface area contributed by atoms with Gasteiger partial charge in [0, 0.05) is 47.3 Å². The predicted octanol–water partition coefficient (Wildman–Crippen LogP) is 13.2. The van der Waals surface area contributed by atoms with Crippen LogP contribution >= 0.6 is 0 Å². The van der Waals surface area contributed by atoms with Crippen molar-refractivity contribution in [2.75, 3.05) is 13.1 Å². The molecule has 2 amide bonds. The first-order chi connectivity index (χ1) is 26.6. The first kappa shape index (κ1) is 51.0. The number of rotatable bonds is 28. The van der Waals surface area contributed by atoms with E-state index in [0.29, 0.717) is 13.1 Å². The minimum atomic E-state index is -0.231. The Hall–Kier alpha value is -1.14. The van der Waals surface area contributed by atoms with E-state index < -0.39 is 0 Å². The number of carbonyl (C=O) groups is 2. The normalized spacial score (nSPS) is 30.7. The Morgan fingerprint density at radius 1 is 0.446 bits per heavy atom. The van der Waals surface area contributed by atoms with E-state index in [1.807, 2.05) is 0 Å². The lowest BCUT2D eigenvalue weighted by Crippen LogP contribution is -2.71. The largest absolute Gasteiger partial charge is 0.331 e. The van der Waals surface area contributed by atoms with E-state index in [1.54, 1.807) is 0 Å². The monoisotopic (exact) mass is 787 g/mol. The van der Waals surface area contributed by atoms with Crippen molar-refractivity contribution in [1.29, 1.82) is 0 Å². The van der Waals surface area contributed by atoms with E-state index in [9.17, 15) is 0 Å². The summed E-state index contributed by atoms with van der Waals surface area (Å²) in [6.07, 6.45) is 31.0. The summed E-state index contributed by atoms with van der Waals surface area (Å²) in [5.41, 5.74) is -0.352. The van der Waals surface area contributed by atoms with Crippen molar-refractivity contribution in [2.45, 2.75) is 284 Å². The fourth-order valence-corrected chi connectivity index (χ4v) is 10.5. The van der Waals surface area contributed by atoms with Crippen LogP contribution in [0.3, 0.4) is 0 Å². The Labute approximate surface area is 350 Å². The standard InChI is InChI=1S/C50H98N4O2/c1-13-19-21-23-25-27-29-31-33-35-37-53(43-39-47(9,15-3)51-49(11,17-5)41(43)7)45(55)46(56)54(38-36-34-32-30-28-26-24-22-20-14-2)44-40-48(10,16-4)52-50(12,18-6)42(44)8/h41-44,51-52H,13-40H2,1-12H3. The Morgan fingerprint density at radius 2 is 0.714 bits per heavy atom. The number of amides is 2. The van der Waals surface area contributed by atoms with Crippen LogP contribution in [0.4, 0.5) is 0 Å². The molecule has 0 spiro atoms. The summed E-state index contributed by atoms with van der Waals surface area (Å²) < 4.78 is 0. The third kappa shape index (κ3) is 15.2. The lowest BCUT2D eigenvalue weighted by Gasteiger charge is -2.57. The van der Waals surface area contributed by atoms with Crippen molar-refractivity contribution in [2.24, 2.45) is 11.8 Å². The van der Waals surface area contributed by atoms with Gasteiger partial charge in [-0.3, -0.25) is 9.59 Å². The molecule has 2 saturated heterocycles. The van der Waals surface area contributed by atoms with Gasteiger partial charge in [-0.05, 0) is 90.9 Å². The molecule has 6 heteroatoms. The van der Waals surface area contributed by atoms with Gasteiger partial charge in [-0.2, -0.15) is 0 Å². The molecule has 0 aromatic rings. The summed E-state index contributed by atoms with van der Waals surface area (Å²) >= 11 is 0. The van der Waals surface area contributed by atoms with Crippen LogP contribution in [0.1, 0.15) is 250 Å². The summed E-state index contributed by atoms with van der Waals surface area (Å²) in [5, 5.41) is 8.10. The number of unbranched alkanes of at least 4 members (excludes halogenated alkanes) is 18. The second-order valence-corrected chi connectivity index (χ2v) is 20.1. The van der Waals surface area contributed by atoms with Gasteiger partial charge in [0.15, 0.2) is 0 Å². The molecule has 2 heterocycles. The number of hydrogen-bond donors (Lipinski definition) is 2. The number of carbonyl (C=O) groups excluding carboxylic acids is 2. The summed E-state index contributed by atoms with van der Waals surface area (Å²) in [5.74, 6) is 0.0237. The van der Waals surface area contributed by atoms with E-state index in [0.717, 1.165) is 64.2 Å². The van der Waals surface area contributed by atoms with Crippen LogP contribution < -0.4 is 10.6 Å². The van der Waals surface area contributed by atoms with Crippen molar-refractivity contribution in [1.82, 2.24) is 20.4 Å². The van der Waals surface area contributed by atoms with Gasteiger partial charge in [-0.1, -0.05) is 171 Å². The molecule has 0 aromatic carbocycles. The zero-order valence-corrected chi connectivity index (χ0v) is 39.8. The van der Waals surface area contributed by atoms with Crippen molar-refractivity contribution >= 4 is 11.8 Å². The molecule has 2 N–H and O–H groups in total. The third-order valence-corrected chi connectivity index (χ3v) is 15.7. The highest BCUT2D eigenvalue weighted by Crippen LogP contribution is 2.42. The molecule has 2 aliphatic heterocycles. The van der Waals surface area contributed by atoms with E-state index >= 15 is 9.59 Å².